The van der Waals surface area contributed by atoms with E-state index in [-0.39, 0.29) is 36.9 Å². The van der Waals surface area contributed by atoms with Crippen LogP contribution in [0.25, 0.3) is 11.0 Å². The van der Waals surface area contributed by atoms with Crippen LogP contribution in [0.1, 0.15) is 59.8 Å². The van der Waals surface area contributed by atoms with Gasteiger partial charge >= 0.3 is 6.03 Å². The Morgan fingerprint density at radius 2 is 1.50 bits per heavy atom. The molecule has 0 radical (unpaired) electrons. The third-order valence-electron chi connectivity index (χ3n) is 11.2. The fraction of sp³-hybridized carbons (Fsp3) is 0.372. The highest BCUT2D eigenvalue weighted by atomic mass is 16.5. The SMILES string of the molecule is COc1ccc(CN2C(=O)CCN(c3ccc(CN4CCN(c5ccc(Nc6ncc7cc(C(=O)N(C)C)n(C8CCCC8)c7n6)cc5)CC4)cc3)C2=O)cc1. The summed E-state index contributed by atoms with van der Waals surface area (Å²) >= 11 is 0. The van der Waals surface area contributed by atoms with Crippen molar-refractivity contribution < 1.29 is 19.1 Å². The number of piperazine rings is 1. The molecule has 1 saturated carbocycles. The van der Waals surface area contributed by atoms with Gasteiger partial charge in [-0.2, -0.15) is 4.98 Å². The van der Waals surface area contributed by atoms with E-state index < -0.39 is 0 Å². The van der Waals surface area contributed by atoms with Crippen LogP contribution in [0, 0.1) is 0 Å². The van der Waals surface area contributed by atoms with Crippen molar-refractivity contribution in [2.45, 2.75) is 51.2 Å². The lowest BCUT2D eigenvalue weighted by Crippen LogP contribution is -2.52. The van der Waals surface area contributed by atoms with Crippen molar-refractivity contribution in [3.05, 3.63) is 102 Å². The molecule has 13 nitrogen and oxygen atoms in total. The van der Waals surface area contributed by atoms with E-state index in [1.54, 1.807) is 31.0 Å². The molecule has 8 rings (SSSR count). The van der Waals surface area contributed by atoms with Crippen molar-refractivity contribution in [1.29, 1.82) is 0 Å². The molecule has 3 aromatic carbocycles. The molecule has 0 spiro atoms. The molecule has 3 fully saturated rings. The lowest BCUT2D eigenvalue weighted by molar-refractivity contribution is -0.129. The number of nitrogens with one attached hydrogen (secondary N) is 1. The fourth-order valence-electron chi connectivity index (χ4n) is 8.08. The molecular formula is C43H49N9O4. The van der Waals surface area contributed by atoms with Crippen LogP contribution in [0.5, 0.6) is 5.75 Å². The lowest BCUT2D eigenvalue weighted by Gasteiger charge is -2.36. The van der Waals surface area contributed by atoms with Crippen LogP contribution in [0.2, 0.25) is 0 Å². The van der Waals surface area contributed by atoms with Gasteiger partial charge < -0.3 is 24.4 Å². The Balaban J connectivity index is 0.849. The Kier molecular flexibility index (Phi) is 10.6. The Morgan fingerprint density at radius 3 is 2.18 bits per heavy atom. The predicted molar refractivity (Wildman–Crippen MR) is 218 cm³/mol. The minimum absolute atomic E-state index is 0.0172. The summed E-state index contributed by atoms with van der Waals surface area (Å²) in [6.45, 7) is 5.12. The largest absolute Gasteiger partial charge is 0.497 e. The van der Waals surface area contributed by atoms with Gasteiger partial charge in [-0.15, -0.1) is 0 Å². The molecule has 5 aromatic rings. The molecule has 13 heteroatoms. The molecule has 2 saturated heterocycles. The molecule has 1 N–H and O–H groups in total. The zero-order valence-electron chi connectivity index (χ0n) is 32.4. The molecule has 290 valence electrons. The monoisotopic (exact) mass is 755 g/mol. The average Bonchev–Trinajstić information content (AvgIpc) is 3.89. The Hall–Kier alpha value is -5.95. The first-order valence-corrected chi connectivity index (χ1v) is 19.5. The summed E-state index contributed by atoms with van der Waals surface area (Å²) in [7, 11) is 5.18. The van der Waals surface area contributed by atoms with Gasteiger partial charge in [0.05, 0.1) is 13.7 Å². The second-order valence-electron chi connectivity index (χ2n) is 15.1. The minimum Gasteiger partial charge on any atom is -0.497 e. The number of hydrogen-bond acceptors (Lipinski definition) is 9. The van der Waals surface area contributed by atoms with E-state index in [9.17, 15) is 14.4 Å². The summed E-state index contributed by atoms with van der Waals surface area (Å²) in [4.78, 5) is 58.2. The summed E-state index contributed by atoms with van der Waals surface area (Å²) in [5, 5.41) is 4.26. The normalized spacial score (nSPS) is 16.9. The Bertz CT molecular complexity index is 2190. The molecule has 2 aliphatic heterocycles. The molecule has 0 unspecified atom stereocenters. The van der Waals surface area contributed by atoms with E-state index in [2.05, 4.69) is 61.1 Å². The van der Waals surface area contributed by atoms with Crippen molar-refractivity contribution in [1.82, 2.24) is 29.2 Å². The second-order valence-corrected chi connectivity index (χ2v) is 15.1. The summed E-state index contributed by atoms with van der Waals surface area (Å²) in [6, 6.07) is 25.9. The molecule has 2 aromatic heterocycles. The van der Waals surface area contributed by atoms with Gasteiger partial charge in [-0.25, -0.2) is 9.78 Å². The average molecular weight is 756 g/mol. The van der Waals surface area contributed by atoms with Crippen molar-refractivity contribution in [2.75, 3.05) is 69.0 Å². The second kappa shape index (κ2) is 16.0. The van der Waals surface area contributed by atoms with Gasteiger partial charge in [-0.1, -0.05) is 37.1 Å². The summed E-state index contributed by atoms with van der Waals surface area (Å²) in [5.74, 6) is 1.07. The number of carbonyl (C=O) groups excluding carboxylic acids is 3. The molecule has 56 heavy (non-hydrogen) atoms. The summed E-state index contributed by atoms with van der Waals surface area (Å²) in [6.07, 6.45) is 6.51. The quantitative estimate of drug-likeness (QED) is 0.158. The summed E-state index contributed by atoms with van der Waals surface area (Å²) in [5.41, 5.74) is 6.40. The summed E-state index contributed by atoms with van der Waals surface area (Å²) < 4.78 is 7.37. The van der Waals surface area contributed by atoms with Gasteiger partial charge in [-0.3, -0.25) is 24.3 Å². The van der Waals surface area contributed by atoms with E-state index in [0.29, 0.717) is 18.2 Å². The number of methoxy groups -OCH3 is 1. The van der Waals surface area contributed by atoms with Crippen LogP contribution in [-0.2, 0) is 17.9 Å². The van der Waals surface area contributed by atoms with Crippen LogP contribution in [0.4, 0.5) is 27.8 Å². The van der Waals surface area contributed by atoms with E-state index in [1.165, 1.54) is 16.2 Å². The first kappa shape index (κ1) is 37.0. The number of anilines is 4. The molecule has 3 aliphatic rings. The number of rotatable bonds is 11. The van der Waals surface area contributed by atoms with Gasteiger partial charge in [0, 0.05) is 94.5 Å². The van der Waals surface area contributed by atoms with Gasteiger partial charge in [0.1, 0.15) is 17.1 Å². The maximum atomic E-state index is 13.4. The third-order valence-corrected chi connectivity index (χ3v) is 11.2. The standard InChI is InChI=1S/C43H49N9O4/c1-47(2)41(54)38-26-32-27-44-42(46-40(32)52(38)36-6-4-5-7-36)45-33-12-16-34(17-13-33)49-24-22-48(23-25-49)28-30-8-14-35(15-9-30)50-21-20-39(53)51(43(50)55)29-31-10-18-37(56-3)19-11-31/h8-19,26-27,36H,4-7,20-25,28-29H2,1-3H3,(H,44,45,46). The van der Waals surface area contributed by atoms with Crippen LogP contribution in [0.15, 0.2) is 85.1 Å². The zero-order chi connectivity index (χ0) is 38.8. The van der Waals surface area contributed by atoms with Crippen LogP contribution in [-0.4, -0.2) is 101 Å². The highest BCUT2D eigenvalue weighted by molar-refractivity contribution is 6.05. The molecule has 0 bridgehead atoms. The highest BCUT2D eigenvalue weighted by Crippen LogP contribution is 2.35. The highest BCUT2D eigenvalue weighted by Gasteiger charge is 2.33. The van der Waals surface area contributed by atoms with Crippen LogP contribution >= 0.6 is 0 Å². The molecule has 4 amide bonds. The first-order chi connectivity index (χ1) is 27.2. The predicted octanol–water partition coefficient (Wildman–Crippen LogP) is 6.68. The molecule has 0 atom stereocenters. The van der Waals surface area contributed by atoms with Gasteiger partial charge in [0.15, 0.2) is 0 Å². The smallest absolute Gasteiger partial charge is 0.331 e. The number of aromatic nitrogens is 3. The number of carbonyl (C=O) groups is 3. The number of hydrogen-bond donors (Lipinski definition) is 1. The number of amides is 4. The Morgan fingerprint density at radius 1 is 0.839 bits per heavy atom. The van der Waals surface area contributed by atoms with E-state index >= 15 is 0 Å². The number of nitrogens with zero attached hydrogens (tertiary/aromatic N) is 8. The van der Waals surface area contributed by atoms with Crippen molar-refractivity contribution in [2.24, 2.45) is 0 Å². The van der Waals surface area contributed by atoms with Gasteiger partial charge in [0.25, 0.3) is 5.91 Å². The third kappa shape index (κ3) is 7.76. The van der Waals surface area contributed by atoms with Gasteiger partial charge in [-0.05, 0) is 78.6 Å². The van der Waals surface area contributed by atoms with E-state index in [4.69, 9.17) is 9.72 Å². The van der Waals surface area contributed by atoms with Crippen LogP contribution in [0.3, 0.4) is 0 Å². The number of ether oxygens (including phenoxy) is 1. The molecule has 1 aliphatic carbocycles. The van der Waals surface area contributed by atoms with Crippen LogP contribution < -0.4 is 19.9 Å². The Labute approximate surface area is 327 Å². The van der Waals surface area contributed by atoms with Crippen molar-refractivity contribution >= 4 is 51.9 Å². The minimum atomic E-state index is -0.294. The fourth-order valence-corrected chi connectivity index (χ4v) is 8.08. The number of fused-ring (bicyclic) bond motifs is 1. The number of urea groups is 1. The molecule has 4 heterocycles. The first-order valence-electron chi connectivity index (χ1n) is 19.5. The maximum Gasteiger partial charge on any atom is 0.331 e. The van der Waals surface area contributed by atoms with Gasteiger partial charge in [0.2, 0.25) is 11.9 Å². The number of benzene rings is 3. The molecular weight excluding hydrogens is 707 g/mol. The lowest BCUT2D eigenvalue weighted by atomic mass is 10.1. The number of imide groups is 1. The topological polar surface area (TPSA) is 119 Å². The van der Waals surface area contributed by atoms with Crippen molar-refractivity contribution in [3.8, 4) is 5.75 Å². The van der Waals surface area contributed by atoms with E-state index in [1.807, 2.05) is 48.7 Å². The van der Waals surface area contributed by atoms with E-state index in [0.717, 1.165) is 92.1 Å². The zero-order valence-corrected chi connectivity index (χ0v) is 32.4. The maximum absolute atomic E-state index is 13.4. The van der Waals surface area contributed by atoms with Crippen molar-refractivity contribution in [3.63, 3.8) is 0 Å².